The summed E-state index contributed by atoms with van der Waals surface area (Å²) in [4.78, 5) is 5.93. The van der Waals surface area contributed by atoms with Gasteiger partial charge in [0.1, 0.15) is 4.99 Å². The van der Waals surface area contributed by atoms with E-state index in [0.29, 0.717) is 0 Å². The molecule has 2 spiro atoms. The van der Waals surface area contributed by atoms with E-state index in [-0.39, 0.29) is 11.0 Å². The van der Waals surface area contributed by atoms with Crippen molar-refractivity contribution in [2.75, 3.05) is 7.11 Å². The first-order valence-electron chi connectivity index (χ1n) is 8.56. The molecule has 5 heteroatoms. The van der Waals surface area contributed by atoms with Gasteiger partial charge in [-0.25, -0.2) is 0 Å². The monoisotopic (exact) mass is 406 g/mol. The van der Waals surface area contributed by atoms with Crippen LogP contribution in [0.4, 0.5) is 0 Å². The van der Waals surface area contributed by atoms with Crippen molar-refractivity contribution in [2.45, 2.75) is 57.2 Å². The lowest BCUT2D eigenvalue weighted by atomic mass is 9.63. The van der Waals surface area contributed by atoms with Gasteiger partial charge in [-0.05, 0) is 63.6 Å². The van der Waals surface area contributed by atoms with Gasteiger partial charge in [-0.15, -0.1) is 0 Å². The minimum Gasteiger partial charge on any atom is -0.379 e. The van der Waals surface area contributed by atoms with E-state index in [2.05, 4.69) is 46.4 Å². The average Bonchev–Trinajstić information content (AvgIpc) is 3.00. The number of nitrogens with one attached hydrogen (secondary N) is 1. The van der Waals surface area contributed by atoms with Crippen molar-refractivity contribution in [3.8, 4) is 0 Å². The summed E-state index contributed by atoms with van der Waals surface area (Å²) in [5.74, 6) is 0. The van der Waals surface area contributed by atoms with Crippen molar-refractivity contribution in [3.05, 3.63) is 33.8 Å². The van der Waals surface area contributed by atoms with Gasteiger partial charge in [0.15, 0.2) is 5.66 Å². The number of thiocarbonyl (C=S) groups is 1. The molecular formula is C19H23BrN2OS. The highest BCUT2D eigenvalue weighted by molar-refractivity contribution is 9.10. The second-order valence-electron chi connectivity index (χ2n) is 7.77. The van der Waals surface area contributed by atoms with Gasteiger partial charge < -0.3 is 10.1 Å². The molecule has 3 aliphatic rings. The summed E-state index contributed by atoms with van der Waals surface area (Å²) in [5, 5.41) is 3.63. The molecule has 1 aromatic rings. The zero-order valence-electron chi connectivity index (χ0n) is 14.4. The Kier molecular flexibility index (Phi) is 3.72. The number of ether oxygens (including phenoxy) is 1. The molecule has 1 aromatic carbocycles. The third-order valence-electron chi connectivity index (χ3n) is 6.47. The Bertz CT molecular complexity index is 752. The number of halogens is 1. The molecule has 2 aliphatic carbocycles. The van der Waals surface area contributed by atoms with Crippen LogP contribution in [0, 0.1) is 5.41 Å². The van der Waals surface area contributed by atoms with E-state index in [1.165, 1.54) is 11.1 Å². The molecule has 3 nitrogen and oxygen atoms in total. The molecule has 1 fully saturated rings. The van der Waals surface area contributed by atoms with Crippen LogP contribution in [0.15, 0.2) is 27.7 Å². The molecular weight excluding hydrogens is 384 g/mol. The molecule has 128 valence electrons. The summed E-state index contributed by atoms with van der Waals surface area (Å²) in [5.41, 5.74) is 3.31. The number of fused-ring (bicyclic) bond motifs is 3. The van der Waals surface area contributed by atoms with Crippen molar-refractivity contribution in [1.29, 1.82) is 0 Å². The van der Waals surface area contributed by atoms with E-state index >= 15 is 0 Å². The molecule has 1 unspecified atom stereocenters. The van der Waals surface area contributed by atoms with Crippen LogP contribution in [-0.4, -0.2) is 23.4 Å². The maximum atomic E-state index is 5.78. The Balaban J connectivity index is 1.83. The Morgan fingerprint density at radius 1 is 1.25 bits per heavy atom. The molecule has 1 atom stereocenters. The first-order valence-corrected chi connectivity index (χ1v) is 9.76. The van der Waals surface area contributed by atoms with Gasteiger partial charge in [-0.3, -0.25) is 4.99 Å². The third-order valence-corrected chi connectivity index (χ3v) is 7.36. The van der Waals surface area contributed by atoms with E-state index in [1.54, 1.807) is 0 Å². The van der Waals surface area contributed by atoms with Crippen LogP contribution >= 0.6 is 28.1 Å². The SMILES string of the molecule is COC1(C)CCC2(CC1)Cc1ccc(Br)cc1C21N=C(C)C(=S)N1. The van der Waals surface area contributed by atoms with Gasteiger partial charge in [0.25, 0.3) is 0 Å². The van der Waals surface area contributed by atoms with Crippen molar-refractivity contribution in [2.24, 2.45) is 10.4 Å². The van der Waals surface area contributed by atoms with Crippen LogP contribution in [0.25, 0.3) is 0 Å². The molecule has 0 radical (unpaired) electrons. The fraction of sp³-hybridized carbons (Fsp3) is 0.579. The van der Waals surface area contributed by atoms with Gasteiger partial charge in [0.05, 0.1) is 11.3 Å². The Morgan fingerprint density at radius 2 is 1.96 bits per heavy atom. The lowest BCUT2D eigenvalue weighted by Crippen LogP contribution is -2.54. The molecule has 1 saturated carbocycles. The van der Waals surface area contributed by atoms with Crippen molar-refractivity contribution < 1.29 is 4.74 Å². The molecule has 1 heterocycles. The smallest absolute Gasteiger partial charge is 0.162 e. The molecule has 1 aliphatic heterocycles. The maximum Gasteiger partial charge on any atom is 0.162 e. The number of hydrogen-bond acceptors (Lipinski definition) is 3. The maximum absolute atomic E-state index is 5.78. The van der Waals surface area contributed by atoms with Gasteiger partial charge in [0, 0.05) is 22.6 Å². The molecule has 0 saturated heterocycles. The molecule has 0 aromatic heterocycles. The fourth-order valence-electron chi connectivity index (χ4n) is 4.78. The second-order valence-corrected chi connectivity index (χ2v) is 9.10. The molecule has 4 rings (SSSR count). The summed E-state index contributed by atoms with van der Waals surface area (Å²) >= 11 is 9.19. The minimum atomic E-state index is -0.400. The van der Waals surface area contributed by atoms with E-state index in [4.69, 9.17) is 21.9 Å². The number of nitrogens with zero attached hydrogens (tertiary/aromatic N) is 1. The predicted molar refractivity (Wildman–Crippen MR) is 105 cm³/mol. The normalized spacial score (nSPS) is 37.7. The molecule has 0 bridgehead atoms. The van der Waals surface area contributed by atoms with Crippen LogP contribution in [0.1, 0.15) is 50.7 Å². The Morgan fingerprint density at radius 3 is 2.54 bits per heavy atom. The largest absolute Gasteiger partial charge is 0.379 e. The minimum absolute atomic E-state index is 0.0142. The van der Waals surface area contributed by atoms with Crippen molar-refractivity contribution in [1.82, 2.24) is 5.32 Å². The van der Waals surface area contributed by atoms with E-state index < -0.39 is 5.66 Å². The third kappa shape index (κ3) is 2.17. The van der Waals surface area contributed by atoms with Crippen LogP contribution in [0.5, 0.6) is 0 Å². The zero-order valence-corrected chi connectivity index (χ0v) is 16.8. The zero-order chi connectivity index (χ0) is 17.2. The first kappa shape index (κ1) is 16.7. The number of benzene rings is 1. The fourth-order valence-corrected chi connectivity index (χ4v) is 5.34. The predicted octanol–water partition coefficient (Wildman–Crippen LogP) is 4.52. The summed E-state index contributed by atoms with van der Waals surface area (Å²) < 4.78 is 6.88. The highest BCUT2D eigenvalue weighted by atomic mass is 79.9. The number of rotatable bonds is 1. The topological polar surface area (TPSA) is 33.6 Å². The van der Waals surface area contributed by atoms with Crippen LogP contribution in [0.3, 0.4) is 0 Å². The van der Waals surface area contributed by atoms with Crippen LogP contribution < -0.4 is 5.32 Å². The van der Waals surface area contributed by atoms with Gasteiger partial charge >= 0.3 is 0 Å². The number of aliphatic imine (C=N–C) groups is 1. The lowest BCUT2D eigenvalue weighted by molar-refractivity contribution is -0.0708. The second kappa shape index (κ2) is 5.36. The lowest BCUT2D eigenvalue weighted by Gasteiger charge is -2.49. The number of hydrogen-bond donors (Lipinski definition) is 1. The highest BCUT2D eigenvalue weighted by Gasteiger charge is 2.62. The number of methoxy groups -OCH3 is 1. The highest BCUT2D eigenvalue weighted by Crippen LogP contribution is 2.61. The standard InChI is InChI=1S/C19H23BrN2OS/c1-12-16(24)22-19(21-12)15-10-14(20)5-4-13(15)11-18(19)8-6-17(2,23-3)7-9-18/h4-5,10H,6-9,11H2,1-3H3,(H,22,24). The first-order chi connectivity index (χ1) is 11.3. The van der Waals surface area contributed by atoms with Gasteiger partial charge in [0.2, 0.25) is 0 Å². The average molecular weight is 407 g/mol. The summed E-state index contributed by atoms with van der Waals surface area (Å²) in [6, 6.07) is 6.61. The van der Waals surface area contributed by atoms with Gasteiger partial charge in [-0.1, -0.05) is 34.2 Å². The van der Waals surface area contributed by atoms with Crippen LogP contribution in [0.2, 0.25) is 0 Å². The summed E-state index contributed by atoms with van der Waals surface area (Å²) in [6.07, 6.45) is 5.36. The van der Waals surface area contributed by atoms with E-state index in [9.17, 15) is 0 Å². The van der Waals surface area contributed by atoms with E-state index in [0.717, 1.165) is 47.3 Å². The van der Waals surface area contributed by atoms with Gasteiger partial charge in [-0.2, -0.15) is 0 Å². The van der Waals surface area contributed by atoms with Crippen LogP contribution in [-0.2, 0) is 16.8 Å². The van der Waals surface area contributed by atoms with Crippen molar-refractivity contribution >= 4 is 38.8 Å². The molecule has 0 amide bonds. The molecule has 24 heavy (non-hydrogen) atoms. The summed E-state index contributed by atoms with van der Waals surface area (Å²) in [7, 11) is 1.83. The summed E-state index contributed by atoms with van der Waals surface area (Å²) in [6.45, 7) is 4.25. The van der Waals surface area contributed by atoms with E-state index in [1.807, 2.05) is 14.0 Å². The Hall–Kier alpha value is -0.780. The van der Waals surface area contributed by atoms with Crippen molar-refractivity contribution in [3.63, 3.8) is 0 Å². The molecule has 1 N–H and O–H groups in total. The quantitative estimate of drug-likeness (QED) is 0.696. The Labute approximate surface area is 157 Å².